The molecule has 0 unspecified atom stereocenters. The number of nitrogens with one attached hydrogen (secondary N) is 3. The van der Waals surface area contributed by atoms with Crippen LogP contribution in [0.2, 0.25) is 0 Å². The van der Waals surface area contributed by atoms with Crippen molar-refractivity contribution in [1.29, 1.82) is 5.41 Å². The molecule has 26 heavy (non-hydrogen) atoms. The molecule has 0 aliphatic carbocycles. The number of guanidine groups is 1. The highest BCUT2D eigenvalue weighted by Gasteiger charge is 2.04. The minimum Gasteiger partial charge on any atom is -0.293 e. The van der Waals surface area contributed by atoms with Gasteiger partial charge in [0, 0.05) is 12.2 Å². The van der Waals surface area contributed by atoms with Crippen molar-refractivity contribution in [2.45, 2.75) is 13.8 Å². The van der Waals surface area contributed by atoms with Gasteiger partial charge in [0.15, 0.2) is 0 Å². The zero-order valence-corrected chi connectivity index (χ0v) is 14.7. The highest BCUT2D eigenvalue weighted by molar-refractivity contribution is 6.10. The molecule has 0 atom stereocenters. The molecule has 0 heterocycles. The van der Waals surface area contributed by atoms with E-state index >= 15 is 0 Å². The Balaban J connectivity index is 1.86. The molecule has 2 aromatic rings. The molecule has 0 saturated heterocycles. The van der Waals surface area contributed by atoms with E-state index < -0.39 is 11.8 Å². The van der Waals surface area contributed by atoms with Gasteiger partial charge in [-0.05, 0) is 48.3 Å². The summed E-state index contributed by atoms with van der Waals surface area (Å²) in [5, 5.41) is 12.3. The summed E-state index contributed by atoms with van der Waals surface area (Å²) in [5.41, 5.74) is 3.92. The first kappa shape index (κ1) is 18.9. The Bertz CT molecular complexity index is 811. The molecule has 0 fully saturated rings. The first-order chi connectivity index (χ1) is 12.5. The van der Waals surface area contributed by atoms with E-state index in [0.717, 1.165) is 22.3 Å². The monoisotopic (exact) mass is 347 g/mol. The fourth-order valence-corrected chi connectivity index (χ4v) is 2.24. The molecule has 2 rings (SSSR count). The number of carbonyl (C=O) groups is 2. The Hall–Kier alpha value is -3.47. The number of aryl methyl sites for hydroxylation is 2. The molecule has 2 aromatic carbocycles. The molecule has 0 spiro atoms. The number of benzene rings is 2. The van der Waals surface area contributed by atoms with E-state index in [1.54, 1.807) is 12.2 Å². The molecule has 0 aromatic heterocycles. The van der Waals surface area contributed by atoms with E-state index in [-0.39, 0.29) is 5.96 Å². The number of rotatable bonds is 4. The summed E-state index contributed by atoms with van der Waals surface area (Å²) in [5.74, 6) is -1.34. The molecule has 0 radical (unpaired) electrons. The molecule has 0 aliphatic heterocycles. The molecule has 2 amide bonds. The van der Waals surface area contributed by atoms with E-state index in [1.807, 2.05) is 62.4 Å². The van der Waals surface area contributed by atoms with Gasteiger partial charge < -0.3 is 0 Å². The van der Waals surface area contributed by atoms with Crippen molar-refractivity contribution in [3.8, 4) is 0 Å². The minimum atomic E-state index is -0.485. The topological polar surface area (TPSA) is 82.1 Å². The van der Waals surface area contributed by atoms with Gasteiger partial charge in [-0.15, -0.1) is 0 Å². The second kappa shape index (κ2) is 9.13. The maximum absolute atomic E-state index is 11.8. The van der Waals surface area contributed by atoms with Crippen LogP contribution in [0, 0.1) is 19.3 Å². The van der Waals surface area contributed by atoms with Crippen molar-refractivity contribution in [1.82, 2.24) is 10.6 Å². The summed E-state index contributed by atoms with van der Waals surface area (Å²) in [6.07, 6.45) is 5.98. The quantitative estimate of drug-likeness (QED) is 0.451. The Morgan fingerprint density at radius 1 is 0.769 bits per heavy atom. The Labute approximate surface area is 153 Å². The van der Waals surface area contributed by atoms with Crippen LogP contribution in [0.1, 0.15) is 22.3 Å². The zero-order valence-electron chi connectivity index (χ0n) is 14.7. The third-order valence-corrected chi connectivity index (χ3v) is 3.70. The first-order valence-electron chi connectivity index (χ1n) is 8.13. The minimum absolute atomic E-state index is 0.371. The standard InChI is InChI=1S/C21H21N3O2/c1-15-7-3-5-9-17(15)11-13-19(25)23-21(22)24-20(26)14-12-18-10-6-4-8-16(18)2/h3-14H,1-2H3,(H3,22,23,24,25,26)/b13-11+,14-12+. The van der Waals surface area contributed by atoms with Crippen LogP contribution in [0.25, 0.3) is 12.2 Å². The van der Waals surface area contributed by atoms with E-state index in [4.69, 9.17) is 5.41 Å². The van der Waals surface area contributed by atoms with Crippen molar-refractivity contribution in [3.05, 3.63) is 82.9 Å². The summed E-state index contributed by atoms with van der Waals surface area (Å²) < 4.78 is 0. The van der Waals surface area contributed by atoms with Gasteiger partial charge in [0.1, 0.15) is 0 Å². The molecule has 0 saturated carbocycles. The first-order valence-corrected chi connectivity index (χ1v) is 8.13. The molecule has 5 nitrogen and oxygen atoms in total. The van der Waals surface area contributed by atoms with Gasteiger partial charge in [-0.1, -0.05) is 48.5 Å². The van der Waals surface area contributed by atoms with Crippen LogP contribution < -0.4 is 10.6 Å². The fourth-order valence-electron chi connectivity index (χ4n) is 2.24. The molecular formula is C21H21N3O2. The molecule has 0 aliphatic rings. The van der Waals surface area contributed by atoms with Gasteiger partial charge in [-0.3, -0.25) is 25.6 Å². The molecule has 0 bridgehead atoms. The summed E-state index contributed by atoms with van der Waals surface area (Å²) in [6, 6.07) is 15.3. The Morgan fingerprint density at radius 3 is 1.54 bits per heavy atom. The number of hydrogen-bond donors (Lipinski definition) is 3. The zero-order chi connectivity index (χ0) is 18.9. The van der Waals surface area contributed by atoms with Gasteiger partial charge in [0.05, 0.1) is 0 Å². The van der Waals surface area contributed by atoms with Crippen LogP contribution in [0.15, 0.2) is 60.7 Å². The molecular weight excluding hydrogens is 326 g/mol. The average Bonchev–Trinajstić information content (AvgIpc) is 2.60. The van der Waals surface area contributed by atoms with E-state index in [2.05, 4.69) is 10.6 Å². The second-order valence-corrected chi connectivity index (χ2v) is 5.73. The maximum atomic E-state index is 11.8. The summed E-state index contributed by atoms with van der Waals surface area (Å²) in [6.45, 7) is 3.89. The van der Waals surface area contributed by atoms with Gasteiger partial charge in [-0.25, -0.2) is 0 Å². The van der Waals surface area contributed by atoms with Crippen molar-refractivity contribution < 1.29 is 9.59 Å². The van der Waals surface area contributed by atoms with Crippen molar-refractivity contribution in [3.63, 3.8) is 0 Å². The third-order valence-electron chi connectivity index (χ3n) is 3.70. The fraction of sp³-hybridized carbons (Fsp3) is 0.0952. The van der Waals surface area contributed by atoms with Crippen LogP contribution in [0.5, 0.6) is 0 Å². The predicted molar refractivity (Wildman–Crippen MR) is 104 cm³/mol. The number of hydrogen-bond acceptors (Lipinski definition) is 3. The van der Waals surface area contributed by atoms with Crippen LogP contribution in [-0.4, -0.2) is 17.8 Å². The van der Waals surface area contributed by atoms with Crippen molar-refractivity contribution in [2.24, 2.45) is 0 Å². The lowest BCUT2D eigenvalue weighted by molar-refractivity contribution is -0.115. The van der Waals surface area contributed by atoms with Crippen LogP contribution >= 0.6 is 0 Å². The number of amides is 2. The van der Waals surface area contributed by atoms with Crippen molar-refractivity contribution >= 4 is 29.9 Å². The Morgan fingerprint density at radius 2 is 1.15 bits per heavy atom. The Kier molecular flexibility index (Phi) is 6.62. The lowest BCUT2D eigenvalue weighted by Crippen LogP contribution is -2.41. The average molecular weight is 347 g/mol. The maximum Gasteiger partial charge on any atom is 0.250 e. The highest BCUT2D eigenvalue weighted by atomic mass is 16.2. The summed E-state index contributed by atoms with van der Waals surface area (Å²) >= 11 is 0. The van der Waals surface area contributed by atoms with E-state index in [9.17, 15) is 9.59 Å². The van der Waals surface area contributed by atoms with Crippen molar-refractivity contribution in [2.75, 3.05) is 0 Å². The largest absolute Gasteiger partial charge is 0.293 e. The number of carbonyl (C=O) groups excluding carboxylic acids is 2. The predicted octanol–water partition coefficient (Wildman–Crippen LogP) is 3.20. The van der Waals surface area contributed by atoms with Gasteiger partial charge >= 0.3 is 0 Å². The van der Waals surface area contributed by atoms with Crippen LogP contribution in [0.3, 0.4) is 0 Å². The SMILES string of the molecule is Cc1ccccc1/C=C/C(=O)NC(=N)NC(=O)/C=C/c1ccccc1C. The molecule has 3 N–H and O–H groups in total. The van der Waals surface area contributed by atoms with Gasteiger partial charge in [-0.2, -0.15) is 0 Å². The van der Waals surface area contributed by atoms with E-state index in [0.29, 0.717) is 0 Å². The third kappa shape index (κ3) is 5.87. The second-order valence-electron chi connectivity index (χ2n) is 5.73. The smallest absolute Gasteiger partial charge is 0.250 e. The summed E-state index contributed by atoms with van der Waals surface area (Å²) in [7, 11) is 0. The van der Waals surface area contributed by atoms with Crippen LogP contribution in [0.4, 0.5) is 0 Å². The van der Waals surface area contributed by atoms with Crippen LogP contribution in [-0.2, 0) is 9.59 Å². The van der Waals surface area contributed by atoms with E-state index in [1.165, 1.54) is 12.2 Å². The lowest BCUT2D eigenvalue weighted by Gasteiger charge is -2.05. The lowest BCUT2D eigenvalue weighted by atomic mass is 10.1. The molecule has 5 heteroatoms. The normalized spacial score (nSPS) is 10.8. The molecule has 132 valence electrons. The van der Waals surface area contributed by atoms with Gasteiger partial charge in [0.25, 0.3) is 11.8 Å². The summed E-state index contributed by atoms with van der Waals surface area (Å²) in [4.78, 5) is 23.7. The highest BCUT2D eigenvalue weighted by Crippen LogP contribution is 2.09. The van der Waals surface area contributed by atoms with Gasteiger partial charge in [0.2, 0.25) is 5.96 Å².